The Hall–Kier alpha value is -2.04. The molecule has 0 fully saturated rings. The lowest BCUT2D eigenvalue weighted by Crippen LogP contribution is -2.39. The van der Waals surface area contributed by atoms with E-state index in [-0.39, 0.29) is 5.91 Å². The minimum atomic E-state index is -0.518. The minimum Gasteiger partial charge on any atom is -0.444 e. The van der Waals surface area contributed by atoms with Crippen LogP contribution in [0.3, 0.4) is 0 Å². The molecule has 0 aromatic heterocycles. The molecule has 0 radical (unpaired) electrons. The number of nitrogens with one attached hydrogen (secondary N) is 1. The summed E-state index contributed by atoms with van der Waals surface area (Å²) < 4.78 is 5.24. The molecule has 116 valence electrons. The molecule has 0 bridgehead atoms. The Morgan fingerprint density at radius 2 is 1.86 bits per heavy atom. The van der Waals surface area contributed by atoms with Crippen LogP contribution in [0.25, 0.3) is 0 Å². The number of nitrogens with zero attached hydrogens (tertiary/aromatic N) is 1. The molecule has 5 nitrogen and oxygen atoms in total. The van der Waals surface area contributed by atoms with E-state index >= 15 is 0 Å². The highest BCUT2D eigenvalue weighted by Gasteiger charge is 2.19. The smallest absolute Gasteiger partial charge is 0.410 e. The monoisotopic (exact) mass is 292 g/mol. The SMILES string of the molecule is Cc1ccccc1C(=O)NCCN(C)C(=O)OC(C)(C)C. The van der Waals surface area contributed by atoms with Crippen molar-refractivity contribution in [2.75, 3.05) is 20.1 Å². The van der Waals surface area contributed by atoms with Crippen molar-refractivity contribution in [1.29, 1.82) is 0 Å². The van der Waals surface area contributed by atoms with E-state index in [9.17, 15) is 9.59 Å². The second-order valence-electron chi connectivity index (χ2n) is 5.97. The predicted molar refractivity (Wildman–Crippen MR) is 82.4 cm³/mol. The Bertz CT molecular complexity index is 506. The molecule has 0 aliphatic carbocycles. The zero-order valence-corrected chi connectivity index (χ0v) is 13.4. The molecule has 5 heteroatoms. The van der Waals surface area contributed by atoms with Crippen LogP contribution in [0.2, 0.25) is 0 Å². The van der Waals surface area contributed by atoms with Gasteiger partial charge in [0.15, 0.2) is 0 Å². The van der Waals surface area contributed by atoms with Crippen molar-refractivity contribution in [3.8, 4) is 0 Å². The number of likely N-dealkylation sites (N-methyl/N-ethyl adjacent to an activating group) is 1. The van der Waals surface area contributed by atoms with Gasteiger partial charge in [-0.25, -0.2) is 4.79 Å². The third-order valence-corrected chi connectivity index (χ3v) is 2.83. The predicted octanol–water partition coefficient (Wildman–Crippen LogP) is 2.59. The van der Waals surface area contributed by atoms with Crippen LogP contribution in [0.4, 0.5) is 4.79 Å². The molecule has 0 spiro atoms. The quantitative estimate of drug-likeness (QED) is 0.928. The van der Waals surface area contributed by atoms with E-state index < -0.39 is 11.7 Å². The molecular weight excluding hydrogens is 268 g/mol. The summed E-state index contributed by atoms with van der Waals surface area (Å²) in [7, 11) is 1.65. The van der Waals surface area contributed by atoms with Gasteiger partial charge in [-0.15, -0.1) is 0 Å². The zero-order chi connectivity index (χ0) is 16.0. The van der Waals surface area contributed by atoms with Gasteiger partial charge in [-0.1, -0.05) is 18.2 Å². The zero-order valence-electron chi connectivity index (χ0n) is 13.4. The molecule has 0 saturated heterocycles. The summed E-state index contributed by atoms with van der Waals surface area (Å²) in [6.07, 6.45) is -0.396. The number of hydrogen-bond acceptors (Lipinski definition) is 3. The highest BCUT2D eigenvalue weighted by molar-refractivity contribution is 5.95. The van der Waals surface area contributed by atoms with E-state index in [0.717, 1.165) is 5.56 Å². The molecule has 21 heavy (non-hydrogen) atoms. The van der Waals surface area contributed by atoms with Crippen LogP contribution in [-0.4, -0.2) is 42.6 Å². The van der Waals surface area contributed by atoms with Gasteiger partial charge in [-0.3, -0.25) is 4.79 Å². The van der Waals surface area contributed by atoms with Crippen molar-refractivity contribution >= 4 is 12.0 Å². The fourth-order valence-electron chi connectivity index (χ4n) is 1.69. The Kier molecular flexibility index (Phi) is 5.76. The van der Waals surface area contributed by atoms with Crippen LogP contribution in [0.15, 0.2) is 24.3 Å². The van der Waals surface area contributed by atoms with Crippen LogP contribution < -0.4 is 5.32 Å². The summed E-state index contributed by atoms with van der Waals surface area (Å²) in [5, 5.41) is 2.80. The van der Waals surface area contributed by atoms with Crippen molar-refractivity contribution in [2.24, 2.45) is 0 Å². The molecular formula is C16H24N2O3. The van der Waals surface area contributed by atoms with Crippen molar-refractivity contribution in [3.05, 3.63) is 35.4 Å². The summed E-state index contributed by atoms with van der Waals surface area (Å²) in [6, 6.07) is 7.39. The number of hydrogen-bond donors (Lipinski definition) is 1. The number of benzene rings is 1. The fraction of sp³-hybridized carbons (Fsp3) is 0.500. The maximum atomic E-state index is 12.0. The largest absolute Gasteiger partial charge is 0.444 e. The maximum Gasteiger partial charge on any atom is 0.410 e. The van der Waals surface area contributed by atoms with E-state index in [2.05, 4.69) is 5.32 Å². The molecule has 0 atom stereocenters. The van der Waals surface area contributed by atoms with Crippen LogP contribution >= 0.6 is 0 Å². The average molecular weight is 292 g/mol. The second-order valence-corrected chi connectivity index (χ2v) is 5.97. The summed E-state index contributed by atoms with van der Waals surface area (Å²) in [6.45, 7) is 8.12. The Balaban J connectivity index is 2.42. The number of carbonyl (C=O) groups is 2. The second kappa shape index (κ2) is 7.11. The standard InChI is InChI=1S/C16H24N2O3/c1-12-8-6-7-9-13(12)14(19)17-10-11-18(5)15(20)21-16(2,3)4/h6-9H,10-11H2,1-5H3,(H,17,19). The number of aryl methyl sites for hydroxylation is 1. The Morgan fingerprint density at radius 1 is 1.24 bits per heavy atom. The van der Waals surface area contributed by atoms with Crippen molar-refractivity contribution in [1.82, 2.24) is 10.2 Å². The number of rotatable bonds is 4. The van der Waals surface area contributed by atoms with E-state index in [1.165, 1.54) is 4.90 Å². The number of amides is 2. The first-order valence-electron chi connectivity index (χ1n) is 6.98. The molecule has 0 unspecified atom stereocenters. The van der Waals surface area contributed by atoms with Crippen molar-refractivity contribution in [2.45, 2.75) is 33.3 Å². The van der Waals surface area contributed by atoms with Gasteiger partial charge in [-0.05, 0) is 39.3 Å². The first-order valence-corrected chi connectivity index (χ1v) is 6.98. The third-order valence-electron chi connectivity index (χ3n) is 2.83. The molecule has 0 aliphatic heterocycles. The molecule has 1 aromatic rings. The van der Waals surface area contributed by atoms with E-state index in [1.807, 2.05) is 45.9 Å². The van der Waals surface area contributed by atoms with Crippen molar-refractivity contribution in [3.63, 3.8) is 0 Å². The van der Waals surface area contributed by atoms with Gasteiger partial charge >= 0.3 is 6.09 Å². The van der Waals surface area contributed by atoms with E-state index in [0.29, 0.717) is 18.7 Å². The topological polar surface area (TPSA) is 58.6 Å². The minimum absolute atomic E-state index is 0.134. The highest BCUT2D eigenvalue weighted by atomic mass is 16.6. The lowest BCUT2D eigenvalue weighted by Gasteiger charge is -2.24. The molecule has 0 saturated carbocycles. The lowest BCUT2D eigenvalue weighted by molar-refractivity contribution is 0.0299. The number of carbonyl (C=O) groups excluding carboxylic acids is 2. The average Bonchev–Trinajstić information content (AvgIpc) is 2.36. The van der Waals surface area contributed by atoms with Crippen LogP contribution in [0.1, 0.15) is 36.7 Å². The van der Waals surface area contributed by atoms with E-state index in [4.69, 9.17) is 4.74 Å². The van der Waals surface area contributed by atoms with Gasteiger partial charge in [0, 0.05) is 25.7 Å². The molecule has 0 aliphatic rings. The summed E-state index contributed by atoms with van der Waals surface area (Å²) in [5.74, 6) is -0.134. The molecule has 2 amide bonds. The third kappa shape index (κ3) is 5.85. The van der Waals surface area contributed by atoms with Gasteiger partial charge in [-0.2, -0.15) is 0 Å². The van der Waals surface area contributed by atoms with E-state index in [1.54, 1.807) is 13.1 Å². The van der Waals surface area contributed by atoms with Gasteiger partial charge in [0.25, 0.3) is 5.91 Å². The van der Waals surface area contributed by atoms with Crippen LogP contribution in [0.5, 0.6) is 0 Å². The van der Waals surface area contributed by atoms with Gasteiger partial charge < -0.3 is 15.0 Å². The normalized spacial score (nSPS) is 10.9. The first kappa shape index (κ1) is 17.0. The molecule has 0 heterocycles. The highest BCUT2D eigenvalue weighted by Crippen LogP contribution is 2.09. The maximum absolute atomic E-state index is 12.0. The fourth-order valence-corrected chi connectivity index (χ4v) is 1.69. The van der Waals surface area contributed by atoms with Gasteiger partial charge in [0.05, 0.1) is 0 Å². The molecule has 1 aromatic carbocycles. The van der Waals surface area contributed by atoms with Gasteiger partial charge in [0.1, 0.15) is 5.60 Å². The van der Waals surface area contributed by atoms with Crippen molar-refractivity contribution < 1.29 is 14.3 Å². The summed E-state index contributed by atoms with van der Waals surface area (Å²) in [5.41, 5.74) is 1.06. The van der Waals surface area contributed by atoms with Crippen LogP contribution in [0, 0.1) is 6.92 Å². The molecule has 1 N–H and O–H groups in total. The summed E-state index contributed by atoms with van der Waals surface area (Å²) >= 11 is 0. The number of ether oxygens (including phenoxy) is 1. The Labute approximate surface area is 126 Å². The summed E-state index contributed by atoms with van der Waals surface area (Å²) in [4.78, 5) is 25.2. The Morgan fingerprint density at radius 3 is 2.43 bits per heavy atom. The molecule has 1 rings (SSSR count). The first-order chi connectivity index (χ1) is 9.70. The lowest BCUT2D eigenvalue weighted by atomic mass is 10.1. The van der Waals surface area contributed by atoms with Gasteiger partial charge in [0.2, 0.25) is 0 Å². The van der Waals surface area contributed by atoms with Crippen LogP contribution in [-0.2, 0) is 4.74 Å².